The van der Waals surface area contributed by atoms with Gasteiger partial charge < -0.3 is 4.90 Å². The number of ketones is 1. The van der Waals surface area contributed by atoms with Crippen LogP contribution < -0.4 is 0 Å². The van der Waals surface area contributed by atoms with Crippen molar-refractivity contribution in [1.82, 2.24) is 4.90 Å². The highest BCUT2D eigenvalue weighted by Crippen LogP contribution is 2.28. The van der Waals surface area contributed by atoms with Crippen LogP contribution in [0.4, 0.5) is 0 Å². The summed E-state index contributed by atoms with van der Waals surface area (Å²) in [6.07, 6.45) is 0.580. The Kier molecular flexibility index (Phi) is 4.47. The molecule has 1 aromatic rings. The zero-order valence-electron chi connectivity index (χ0n) is 11.8. The van der Waals surface area contributed by atoms with Crippen LogP contribution in [0, 0.1) is 20.8 Å². The largest absolute Gasteiger partial charge is 0.302 e. The predicted molar refractivity (Wildman–Crippen MR) is 72.4 cm³/mol. The van der Waals surface area contributed by atoms with Crippen LogP contribution in [0.5, 0.6) is 0 Å². The minimum Gasteiger partial charge on any atom is -0.302 e. The van der Waals surface area contributed by atoms with Gasteiger partial charge in [-0.3, -0.25) is 4.79 Å². The van der Waals surface area contributed by atoms with Gasteiger partial charge in [-0.25, -0.2) is 0 Å². The van der Waals surface area contributed by atoms with E-state index in [9.17, 15) is 4.79 Å². The van der Waals surface area contributed by atoms with Gasteiger partial charge >= 0.3 is 0 Å². The van der Waals surface area contributed by atoms with Gasteiger partial charge in [-0.05, 0) is 64.0 Å². The van der Waals surface area contributed by atoms with Gasteiger partial charge in [0.25, 0.3) is 0 Å². The molecule has 0 radical (unpaired) electrons. The van der Waals surface area contributed by atoms with Crippen LogP contribution in [0.3, 0.4) is 0 Å². The highest BCUT2D eigenvalue weighted by atomic mass is 16.1. The molecule has 0 amide bonds. The molecule has 2 heteroatoms. The fourth-order valence-corrected chi connectivity index (χ4v) is 2.18. The number of hydrogen-bond acceptors (Lipinski definition) is 2. The first-order valence-corrected chi connectivity index (χ1v) is 6.07. The van der Waals surface area contributed by atoms with E-state index in [1.54, 1.807) is 6.92 Å². The molecule has 0 heterocycles. The minimum atomic E-state index is 0.187. The first-order chi connectivity index (χ1) is 7.84. The van der Waals surface area contributed by atoms with Crippen molar-refractivity contribution in [1.29, 1.82) is 0 Å². The van der Waals surface area contributed by atoms with Gasteiger partial charge in [0, 0.05) is 12.5 Å². The topological polar surface area (TPSA) is 20.3 Å². The number of Topliss-reactive ketones (excluding diaryl/α,β-unsaturated/α-hetero) is 1. The Morgan fingerprint density at radius 1 is 1.18 bits per heavy atom. The molecule has 1 unspecified atom stereocenters. The van der Waals surface area contributed by atoms with E-state index in [1.165, 1.54) is 22.3 Å². The average Bonchev–Trinajstić information content (AvgIpc) is 2.23. The summed E-state index contributed by atoms with van der Waals surface area (Å²) in [7, 11) is 4.06. The first kappa shape index (κ1) is 13.9. The minimum absolute atomic E-state index is 0.187. The van der Waals surface area contributed by atoms with E-state index < -0.39 is 0 Å². The van der Waals surface area contributed by atoms with Crippen molar-refractivity contribution in [3.63, 3.8) is 0 Å². The third-order valence-electron chi connectivity index (χ3n) is 3.56. The van der Waals surface area contributed by atoms with Crippen LogP contribution >= 0.6 is 0 Å². The standard InChI is InChI=1S/C15H23NO/c1-10-7-8-14(13(4)12(10)3)15(16(5)6)9-11(2)17/h7-8,15H,9H2,1-6H3. The Hall–Kier alpha value is -1.15. The lowest BCUT2D eigenvalue weighted by molar-refractivity contribution is -0.118. The predicted octanol–water partition coefficient (Wildman–Crippen LogP) is 3.19. The van der Waals surface area contributed by atoms with Gasteiger partial charge in [-0.15, -0.1) is 0 Å². The van der Waals surface area contributed by atoms with Crippen molar-refractivity contribution in [2.24, 2.45) is 0 Å². The SMILES string of the molecule is CC(=O)CC(c1ccc(C)c(C)c1C)N(C)C. The van der Waals surface area contributed by atoms with Crippen LogP contribution in [0.15, 0.2) is 12.1 Å². The summed E-state index contributed by atoms with van der Waals surface area (Å²) >= 11 is 0. The number of carbonyl (C=O) groups is 1. The van der Waals surface area contributed by atoms with E-state index >= 15 is 0 Å². The second-order valence-corrected chi connectivity index (χ2v) is 5.11. The average molecular weight is 233 g/mol. The van der Waals surface area contributed by atoms with Gasteiger partial charge in [0.2, 0.25) is 0 Å². The van der Waals surface area contributed by atoms with E-state index in [1.807, 2.05) is 14.1 Å². The third-order valence-corrected chi connectivity index (χ3v) is 3.56. The molecule has 0 aliphatic heterocycles. The molecule has 0 fully saturated rings. The van der Waals surface area contributed by atoms with Crippen molar-refractivity contribution in [3.05, 3.63) is 34.4 Å². The Balaban J connectivity index is 3.19. The molecule has 1 rings (SSSR count). The molecule has 1 aromatic carbocycles. The number of rotatable bonds is 4. The summed E-state index contributed by atoms with van der Waals surface area (Å²) in [5.74, 6) is 0.237. The van der Waals surface area contributed by atoms with Crippen LogP contribution in [-0.4, -0.2) is 24.8 Å². The van der Waals surface area contributed by atoms with Gasteiger partial charge in [0.15, 0.2) is 0 Å². The molecule has 1 atom stereocenters. The molecular weight excluding hydrogens is 210 g/mol. The zero-order chi connectivity index (χ0) is 13.2. The lowest BCUT2D eigenvalue weighted by atomic mass is 9.91. The van der Waals surface area contributed by atoms with Crippen molar-refractivity contribution >= 4 is 5.78 Å². The van der Waals surface area contributed by atoms with Crippen LogP contribution in [0.1, 0.15) is 41.6 Å². The molecule has 0 saturated heterocycles. The molecular formula is C15H23NO. The van der Waals surface area contributed by atoms with Gasteiger partial charge in [0.05, 0.1) is 0 Å². The first-order valence-electron chi connectivity index (χ1n) is 6.07. The molecule has 17 heavy (non-hydrogen) atoms. The Labute approximate surface area is 105 Å². The van der Waals surface area contributed by atoms with E-state index in [-0.39, 0.29) is 11.8 Å². The number of nitrogens with zero attached hydrogens (tertiary/aromatic N) is 1. The molecule has 0 aliphatic carbocycles. The highest BCUT2D eigenvalue weighted by Gasteiger charge is 2.19. The van der Waals surface area contributed by atoms with Crippen molar-refractivity contribution in [2.45, 2.75) is 40.2 Å². The summed E-state index contributed by atoms with van der Waals surface area (Å²) in [4.78, 5) is 13.5. The van der Waals surface area contributed by atoms with E-state index in [0.29, 0.717) is 6.42 Å². The van der Waals surface area contributed by atoms with Gasteiger partial charge in [0.1, 0.15) is 5.78 Å². The highest BCUT2D eigenvalue weighted by molar-refractivity contribution is 5.76. The molecule has 0 aliphatic rings. The molecule has 0 saturated carbocycles. The molecule has 94 valence electrons. The molecule has 0 aromatic heterocycles. The maximum absolute atomic E-state index is 11.4. The van der Waals surface area contributed by atoms with Crippen molar-refractivity contribution < 1.29 is 4.79 Å². The van der Waals surface area contributed by atoms with E-state index in [2.05, 4.69) is 37.8 Å². The number of hydrogen-bond donors (Lipinski definition) is 0. The third kappa shape index (κ3) is 3.16. The quantitative estimate of drug-likeness (QED) is 0.796. The van der Waals surface area contributed by atoms with E-state index in [4.69, 9.17) is 0 Å². The van der Waals surface area contributed by atoms with Crippen LogP contribution in [0.25, 0.3) is 0 Å². The Morgan fingerprint density at radius 2 is 1.76 bits per heavy atom. The fourth-order valence-electron chi connectivity index (χ4n) is 2.18. The fraction of sp³-hybridized carbons (Fsp3) is 0.533. The lowest BCUT2D eigenvalue weighted by Gasteiger charge is -2.26. The number of carbonyl (C=O) groups excluding carboxylic acids is 1. The summed E-state index contributed by atoms with van der Waals surface area (Å²) in [6, 6.07) is 4.49. The Bertz CT molecular complexity index is 421. The monoisotopic (exact) mass is 233 g/mol. The molecule has 0 bridgehead atoms. The van der Waals surface area contributed by atoms with Crippen LogP contribution in [-0.2, 0) is 4.79 Å². The summed E-state index contributed by atoms with van der Waals surface area (Å²) in [5.41, 5.74) is 5.22. The maximum Gasteiger partial charge on any atom is 0.131 e. The number of benzene rings is 1. The van der Waals surface area contributed by atoms with Gasteiger partial charge in [-0.2, -0.15) is 0 Å². The maximum atomic E-state index is 11.4. The van der Waals surface area contributed by atoms with Crippen molar-refractivity contribution in [3.8, 4) is 0 Å². The number of aryl methyl sites for hydroxylation is 1. The summed E-state index contributed by atoms with van der Waals surface area (Å²) in [6.45, 7) is 8.08. The zero-order valence-corrected chi connectivity index (χ0v) is 11.8. The second-order valence-electron chi connectivity index (χ2n) is 5.11. The molecule has 2 nitrogen and oxygen atoms in total. The molecule has 0 N–H and O–H groups in total. The van der Waals surface area contributed by atoms with Gasteiger partial charge in [-0.1, -0.05) is 12.1 Å². The molecule has 0 spiro atoms. The summed E-state index contributed by atoms with van der Waals surface area (Å²) < 4.78 is 0. The normalized spacial score (nSPS) is 12.9. The Morgan fingerprint density at radius 3 is 2.24 bits per heavy atom. The smallest absolute Gasteiger partial charge is 0.131 e. The second kappa shape index (κ2) is 5.46. The van der Waals surface area contributed by atoms with E-state index in [0.717, 1.165) is 0 Å². The van der Waals surface area contributed by atoms with Crippen molar-refractivity contribution in [2.75, 3.05) is 14.1 Å². The lowest BCUT2D eigenvalue weighted by Crippen LogP contribution is -2.23. The van der Waals surface area contributed by atoms with Crippen LogP contribution in [0.2, 0.25) is 0 Å². The summed E-state index contributed by atoms with van der Waals surface area (Å²) in [5, 5.41) is 0.